The number of aliphatic hydroxyl groups is 1. The lowest BCUT2D eigenvalue weighted by atomic mass is 9.78. The first-order valence-electron chi connectivity index (χ1n) is 29.1. The summed E-state index contributed by atoms with van der Waals surface area (Å²) >= 11 is 7.93. The van der Waals surface area contributed by atoms with E-state index < -0.39 is 35.4 Å². The number of halogens is 1. The molecular formula is C63H82ClN11O6S. The third kappa shape index (κ3) is 15.4. The van der Waals surface area contributed by atoms with Crippen LogP contribution in [-0.2, 0) is 31.1 Å². The number of benzene rings is 3. The number of aryl methyl sites for hydroxylation is 1. The Labute approximate surface area is 493 Å². The number of piperazine rings is 1. The minimum atomic E-state index is -0.926. The topological polar surface area (TPSA) is 173 Å². The molecule has 4 atom stereocenters. The zero-order valence-electron chi connectivity index (χ0n) is 48.8. The molecule has 0 bridgehead atoms. The maximum absolute atomic E-state index is 14.2. The number of nitrogens with zero attached hydrogens (tertiary/aromatic N) is 9. The van der Waals surface area contributed by atoms with Crippen molar-refractivity contribution in [3.05, 3.63) is 129 Å². The van der Waals surface area contributed by atoms with Crippen molar-refractivity contribution in [2.24, 2.45) is 11.3 Å². The Balaban J connectivity index is 0.640. The summed E-state index contributed by atoms with van der Waals surface area (Å²) in [6.45, 7) is 31.7. The van der Waals surface area contributed by atoms with Crippen LogP contribution in [0.4, 0.5) is 11.6 Å². The molecule has 82 heavy (non-hydrogen) atoms. The second-order valence-electron chi connectivity index (χ2n) is 24.4. The van der Waals surface area contributed by atoms with Gasteiger partial charge in [-0.05, 0) is 130 Å². The highest BCUT2D eigenvalue weighted by molar-refractivity contribution is 7.13. The van der Waals surface area contributed by atoms with Crippen molar-refractivity contribution in [3.8, 4) is 16.2 Å². The van der Waals surface area contributed by atoms with Gasteiger partial charge in [-0.25, -0.2) is 19.8 Å². The van der Waals surface area contributed by atoms with Crippen molar-refractivity contribution in [1.82, 2.24) is 45.2 Å². The molecule has 4 aliphatic rings. The van der Waals surface area contributed by atoms with Crippen LogP contribution in [0.2, 0.25) is 5.02 Å². The van der Waals surface area contributed by atoms with E-state index in [0.717, 1.165) is 129 Å². The number of hydrogen-bond donors (Lipinski definition) is 3. The predicted molar refractivity (Wildman–Crippen MR) is 322 cm³/mol. The van der Waals surface area contributed by atoms with Crippen molar-refractivity contribution in [2.45, 2.75) is 123 Å². The molecule has 0 radical (unpaired) electrons. The minimum absolute atomic E-state index is 0.00843. The van der Waals surface area contributed by atoms with Crippen molar-refractivity contribution in [2.75, 3.05) is 90.1 Å². The number of aliphatic hydroxyl groups excluding tert-OH is 1. The molecule has 5 aromatic rings. The highest BCUT2D eigenvalue weighted by Crippen LogP contribution is 2.37. The molecule has 0 unspecified atom stereocenters. The molecule has 2 aromatic heterocycles. The summed E-state index contributed by atoms with van der Waals surface area (Å²) in [6.07, 6.45) is 5.73. The highest BCUT2D eigenvalue weighted by atomic mass is 35.5. The molecule has 9 rings (SSSR count). The number of hydrogen-bond acceptors (Lipinski definition) is 14. The van der Waals surface area contributed by atoms with Crippen LogP contribution < -0.4 is 20.3 Å². The average molecular weight is 1160 g/mol. The van der Waals surface area contributed by atoms with Gasteiger partial charge in [0.15, 0.2) is 5.69 Å². The average Bonchev–Trinajstić information content (AvgIpc) is 4.28. The number of β-amino-alcohol motifs (C(OH)–C–C–N with tert-alkyl or cyclic N) is 1. The van der Waals surface area contributed by atoms with Crippen LogP contribution in [0, 0.1) is 24.8 Å². The molecule has 3 aromatic carbocycles. The maximum atomic E-state index is 14.2. The lowest BCUT2D eigenvalue weighted by Crippen LogP contribution is -2.58. The molecule has 3 N–H and O–H groups in total. The van der Waals surface area contributed by atoms with Crippen LogP contribution in [0.15, 0.2) is 84.5 Å². The van der Waals surface area contributed by atoms with Crippen molar-refractivity contribution in [3.63, 3.8) is 0 Å². The molecular weight excluding hydrogens is 1070 g/mol. The predicted octanol–water partition coefficient (Wildman–Crippen LogP) is 8.70. The number of rotatable bonds is 20. The quantitative estimate of drug-likeness (QED) is 0.0500. The Morgan fingerprint density at radius 1 is 0.866 bits per heavy atom. The Morgan fingerprint density at radius 2 is 1.57 bits per heavy atom. The summed E-state index contributed by atoms with van der Waals surface area (Å²) in [6, 6.07) is 22.0. The SMILES string of the molecule is [C-]#[N+]c1cc(Cl)cc(C(C)(C)c2ccc(OCc3ccnc(N4CCN(C5CCN(CC6CCN(CCOCC(=O)N[C@H](C(=O)N7C[C@H](O)C[C@H]7C(=O)N[C@@H](C)c7ccc(-c8scnc8C)cc7)C(C)(C)C)CC6)CC5)CC4)n3)cc2)c1. The number of likely N-dealkylation sites (tertiary alicyclic amines) is 3. The molecule has 4 saturated heterocycles. The van der Waals surface area contributed by atoms with Gasteiger partial charge in [0.25, 0.3) is 0 Å². The largest absolute Gasteiger partial charge is 0.487 e. The van der Waals surface area contributed by atoms with E-state index in [2.05, 4.69) is 71.0 Å². The fraction of sp³-hybridized carbons (Fsp3) is 0.540. The second kappa shape index (κ2) is 27.1. The van der Waals surface area contributed by atoms with Gasteiger partial charge in [0.2, 0.25) is 23.7 Å². The number of anilines is 1. The third-order valence-corrected chi connectivity index (χ3v) is 18.3. The molecule has 0 saturated carbocycles. The molecule has 438 valence electrons. The van der Waals surface area contributed by atoms with Crippen LogP contribution >= 0.6 is 22.9 Å². The number of carbonyl (C=O) groups is 3. The van der Waals surface area contributed by atoms with Crippen LogP contribution in [0.25, 0.3) is 15.3 Å². The van der Waals surface area contributed by atoms with E-state index in [1.165, 1.54) is 17.7 Å². The van der Waals surface area contributed by atoms with Crippen LogP contribution in [-0.4, -0.2) is 167 Å². The Kier molecular flexibility index (Phi) is 20.0. The first-order valence-corrected chi connectivity index (χ1v) is 30.4. The van der Waals surface area contributed by atoms with Crippen molar-refractivity contribution in [1.29, 1.82) is 0 Å². The second-order valence-corrected chi connectivity index (χ2v) is 25.7. The van der Waals surface area contributed by atoms with Gasteiger partial charge in [-0.1, -0.05) is 88.7 Å². The number of ether oxygens (including phenoxy) is 2. The number of nitrogens with one attached hydrogen (secondary N) is 2. The monoisotopic (exact) mass is 1160 g/mol. The normalized spacial score (nSPS) is 19.9. The molecule has 19 heteroatoms. The molecule has 3 amide bonds. The van der Waals surface area contributed by atoms with Gasteiger partial charge in [0.05, 0.1) is 47.1 Å². The summed E-state index contributed by atoms with van der Waals surface area (Å²) in [5, 5.41) is 17.3. The molecule has 6 heterocycles. The summed E-state index contributed by atoms with van der Waals surface area (Å²) in [5.41, 5.74) is 7.22. The van der Waals surface area contributed by atoms with Gasteiger partial charge in [0.1, 0.15) is 31.0 Å². The highest BCUT2D eigenvalue weighted by Gasteiger charge is 2.45. The van der Waals surface area contributed by atoms with Gasteiger partial charge in [0, 0.05) is 74.9 Å². The molecule has 4 aliphatic heterocycles. The Hall–Kier alpha value is -6.04. The number of thiazole rings is 1. The van der Waals surface area contributed by atoms with Crippen molar-refractivity contribution >= 4 is 52.3 Å². The maximum Gasteiger partial charge on any atom is 0.246 e. The van der Waals surface area contributed by atoms with Gasteiger partial charge in [-0.15, -0.1) is 11.3 Å². The first-order chi connectivity index (χ1) is 39.3. The van der Waals surface area contributed by atoms with E-state index in [0.29, 0.717) is 35.9 Å². The lowest BCUT2D eigenvalue weighted by molar-refractivity contribution is -0.144. The zero-order valence-corrected chi connectivity index (χ0v) is 50.4. The number of piperidine rings is 2. The van der Waals surface area contributed by atoms with E-state index >= 15 is 0 Å². The zero-order chi connectivity index (χ0) is 58.1. The number of aromatic nitrogens is 3. The minimum Gasteiger partial charge on any atom is -0.487 e. The summed E-state index contributed by atoms with van der Waals surface area (Å²) in [7, 11) is 0. The van der Waals surface area contributed by atoms with E-state index in [9.17, 15) is 19.5 Å². The van der Waals surface area contributed by atoms with E-state index in [4.69, 9.17) is 32.6 Å². The number of carbonyl (C=O) groups excluding carboxylic acids is 3. The molecule has 0 spiro atoms. The molecule has 0 aliphatic carbocycles. The fourth-order valence-corrected chi connectivity index (χ4v) is 13.0. The van der Waals surface area contributed by atoms with Gasteiger partial charge in [-0.2, -0.15) is 0 Å². The van der Waals surface area contributed by atoms with Crippen LogP contribution in [0.1, 0.15) is 108 Å². The third-order valence-electron chi connectivity index (χ3n) is 17.1. The Bertz CT molecular complexity index is 3000. The number of amides is 3. The van der Waals surface area contributed by atoms with Crippen molar-refractivity contribution < 1.29 is 29.0 Å². The van der Waals surface area contributed by atoms with E-state index in [-0.39, 0.29) is 36.9 Å². The molecule has 4 fully saturated rings. The van der Waals surface area contributed by atoms with E-state index in [1.54, 1.807) is 17.4 Å². The lowest BCUT2D eigenvalue weighted by Gasteiger charge is -2.43. The summed E-state index contributed by atoms with van der Waals surface area (Å²) < 4.78 is 12.1. The van der Waals surface area contributed by atoms with Crippen LogP contribution in [0.5, 0.6) is 5.75 Å². The van der Waals surface area contributed by atoms with E-state index in [1.807, 2.05) is 101 Å². The summed E-state index contributed by atoms with van der Waals surface area (Å²) in [4.78, 5) is 71.3. The molecule has 17 nitrogen and oxygen atoms in total. The smallest absolute Gasteiger partial charge is 0.246 e. The summed E-state index contributed by atoms with van der Waals surface area (Å²) in [5.74, 6) is 1.04. The van der Waals surface area contributed by atoms with Crippen LogP contribution in [0.3, 0.4) is 0 Å². The van der Waals surface area contributed by atoms with Gasteiger partial charge in [-0.3, -0.25) is 19.3 Å². The van der Waals surface area contributed by atoms with Gasteiger partial charge >= 0.3 is 0 Å². The Morgan fingerprint density at radius 3 is 2.24 bits per heavy atom. The van der Waals surface area contributed by atoms with Gasteiger partial charge < -0.3 is 44.8 Å². The standard InChI is InChI=1S/C63H82ClN11O6S/c1-42(45-9-11-46(12-10-45)57-43(2)67-41-82-57)68-59(78)55-36-53(76)38-75(55)60(79)58(62(3,4)5)70-56(77)40-80-32-31-71-23-18-44(19-24-71)37-72-25-20-52(21-26-72)73-27-29-74(30-28-73)61-66-22-17-50(69-61)39-81-54-15-13-47(14-16-54)63(6,7)48-33-49(64)35-51(34-48)65-8/h9-17,22,33-35,41-42,44,52-53,55,58,76H,18-21,23-32,36-40H2,1-7H3,(H,68,78)(H,70,77)/t42-,53+,55-,58+/m0/s1. The fourth-order valence-electron chi connectivity index (χ4n) is 12.0. The first kappa shape index (κ1) is 60.5.